The van der Waals surface area contributed by atoms with Gasteiger partial charge in [0.1, 0.15) is 5.75 Å². The van der Waals surface area contributed by atoms with Crippen LogP contribution in [0.25, 0.3) is 0 Å². The van der Waals surface area contributed by atoms with Gasteiger partial charge in [0.15, 0.2) is 0 Å². The summed E-state index contributed by atoms with van der Waals surface area (Å²) in [6, 6.07) is 6.47. The van der Waals surface area contributed by atoms with Crippen LogP contribution in [0, 0.1) is 13.8 Å². The molecule has 0 aliphatic heterocycles. The molecule has 0 radical (unpaired) electrons. The molecule has 2 rings (SSSR count). The molecule has 1 fully saturated rings. The molecule has 0 aromatic heterocycles. The highest BCUT2D eigenvalue weighted by Crippen LogP contribution is 2.22. The second-order valence-corrected chi connectivity index (χ2v) is 5.10. The third-order valence-electron chi connectivity index (χ3n) is 3.17. The first-order chi connectivity index (χ1) is 9.16. The Morgan fingerprint density at radius 1 is 1.32 bits per heavy atom. The molecule has 1 aromatic carbocycles. The number of benzene rings is 1. The summed E-state index contributed by atoms with van der Waals surface area (Å²) in [5, 5.41) is 5.73. The number of aryl methyl sites for hydroxylation is 2. The Morgan fingerprint density at radius 3 is 2.63 bits per heavy atom. The zero-order valence-corrected chi connectivity index (χ0v) is 11.7. The van der Waals surface area contributed by atoms with Gasteiger partial charge in [-0.25, -0.2) is 4.79 Å². The molecule has 0 spiro atoms. The Labute approximate surface area is 114 Å². The Kier molecular flexibility index (Phi) is 4.66. The highest BCUT2D eigenvalue weighted by Gasteiger charge is 2.22. The number of hydrogen-bond acceptors (Lipinski definition) is 2. The standard InChI is InChI=1S/C15H22N2O2/c1-11-5-3-6-12(2)14(11)19-10-4-9-16-15(18)17-13-7-8-13/h3,5-6,13H,4,7-10H2,1-2H3,(H2,16,17,18). The van der Waals surface area contributed by atoms with Crippen molar-refractivity contribution >= 4 is 6.03 Å². The number of hydrogen-bond donors (Lipinski definition) is 2. The molecule has 0 unspecified atom stereocenters. The number of nitrogens with one attached hydrogen (secondary N) is 2. The fraction of sp³-hybridized carbons (Fsp3) is 0.533. The lowest BCUT2D eigenvalue weighted by Crippen LogP contribution is -2.37. The zero-order chi connectivity index (χ0) is 13.7. The van der Waals surface area contributed by atoms with Crippen molar-refractivity contribution in [2.75, 3.05) is 13.2 Å². The molecular weight excluding hydrogens is 240 g/mol. The molecule has 2 amide bonds. The topological polar surface area (TPSA) is 50.4 Å². The van der Waals surface area contributed by atoms with Crippen LogP contribution in [0.3, 0.4) is 0 Å². The van der Waals surface area contributed by atoms with Crippen LogP contribution >= 0.6 is 0 Å². The first-order valence-corrected chi connectivity index (χ1v) is 6.90. The molecule has 0 atom stereocenters. The number of carbonyl (C=O) groups is 1. The van der Waals surface area contributed by atoms with Crippen LogP contribution in [0.2, 0.25) is 0 Å². The van der Waals surface area contributed by atoms with Gasteiger partial charge in [0.2, 0.25) is 0 Å². The fourth-order valence-electron chi connectivity index (χ4n) is 1.94. The number of urea groups is 1. The van der Waals surface area contributed by atoms with Gasteiger partial charge in [-0.3, -0.25) is 0 Å². The maximum absolute atomic E-state index is 11.4. The summed E-state index contributed by atoms with van der Waals surface area (Å²) in [7, 11) is 0. The Hall–Kier alpha value is -1.71. The van der Waals surface area contributed by atoms with E-state index in [1.165, 1.54) is 0 Å². The molecule has 104 valence electrons. The van der Waals surface area contributed by atoms with E-state index in [1.54, 1.807) is 0 Å². The summed E-state index contributed by atoms with van der Waals surface area (Å²) in [5.41, 5.74) is 2.30. The van der Waals surface area contributed by atoms with Crippen LogP contribution < -0.4 is 15.4 Å². The maximum atomic E-state index is 11.4. The molecule has 0 saturated heterocycles. The molecule has 1 aliphatic rings. The van der Waals surface area contributed by atoms with Crippen molar-refractivity contribution in [3.8, 4) is 5.75 Å². The van der Waals surface area contributed by atoms with E-state index in [0.717, 1.165) is 36.1 Å². The second kappa shape index (κ2) is 6.45. The number of carbonyl (C=O) groups excluding carboxylic acids is 1. The summed E-state index contributed by atoms with van der Waals surface area (Å²) in [6.45, 7) is 5.35. The Morgan fingerprint density at radius 2 is 2.00 bits per heavy atom. The Balaban J connectivity index is 1.62. The quantitative estimate of drug-likeness (QED) is 0.774. The maximum Gasteiger partial charge on any atom is 0.315 e. The molecule has 0 heterocycles. The van der Waals surface area contributed by atoms with Crippen molar-refractivity contribution < 1.29 is 9.53 Å². The first kappa shape index (κ1) is 13.7. The van der Waals surface area contributed by atoms with Crippen molar-refractivity contribution in [3.05, 3.63) is 29.3 Å². The van der Waals surface area contributed by atoms with Gasteiger partial charge in [0.25, 0.3) is 0 Å². The fourth-order valence-corrected chi connectivity index (χ4v) is 1.94. The van der Waals surface area contributed by atoms with Gasteiger partial charge in [0, 0.05) is 12.6 Å². The van der Waals surface area contributed by atoms with E-state index in [4.69, 9.17) is 4.74 Å². The minimum atomic E-state index is -0.0606. The molecule has 19 heavy (non-hydrogen) atoms. The van der Waals surface area contributed by atoms with Crippen LogP contribution in [0.4, 0.5) is 4.79 Å². The van der Waals surface area contributed by atoms with E-state index in [2.05, 4.69) is 10.6 Å². The molecule has 0 bridgehead atoms. The van der Waals surface area contributed by atoms with Crippen molar-refractivity contribution in [3.63, 3.8) is 0 Å². The normalized spacial score (nSPS) is 14.0. The lowest BCUT2D eigenvalue weighted by Gasteiger charge is -2.12. The van der Waals surface area contributed by atoms with Gasteiger partial charge in [-0.05, 0) is 44.2 Å². The molecule has 4 nitrogen and oxygen atoms in total. The van der Waals surface area contributed by atoms with Crippen LogP contribution in [-0.2, 0) is 0 Å². The molecule has 1 saturated carbocycles. The van der Waals surface area contributed by atoms with Gasteiger partial charge >= 0.3 is 6.03 Å². The van der Waals surface area contributed by atoms with Crippen LogP contribution in [0.5, 0.6) is 5.75 Å². The molecular formula is C15H22N2O2. The summed E-state index contributed by atoms with van der Waals surface area (Å²) < 4.78 is 5.77. The van der Waals surface area contributed by atoms with E-state index < -0.39 is 0 Å². The van der Waals surface area contributed by atoms with Gasteiger partial charge in [-0.15, -0.1) is 0 Å². The van der Waals surface area contributed by atoms with E-state index in [1.807, 2.05) is 32.0 Å². The lowest BCUT2D eigenvalue weighted by atomic mass is 10.1. The third-order valence-corrected chi connectivity index (χ3v) is 3.17. The van der Waals surface area contributed by atoms with E-state index in [-0.39, 0.29) is 6.03 Å². The second-order valence-electron chi connectivity index (χ2n) is 5.10. The Bertz CT molecular complexity index is 422. The van der Waals surface area contributed by atoms with Crippen molar-refractivity contribution in [2.45, 2.75) is 39.2 Å². The van der Waals surface area contributed by atoms with Crippen LogP contribution in [-0.4, -0.2) is 25.2 Å². The van der Waals surface area contributed by atoms with E-state index in [0.29, 0.717) is 19.2 Å². The van der Waals surface area contributed by atoms with E-state index >= 15 is 0 Å². The minimum Gasteiger partial charge on any atom is -0.493 e. The SMILES string of the molecule is Cc1cccc(C)c1OCCCNC(=O)NC1CC1. The summed E-state index contributed by atoms with van der Waals surface area (Å²) in [6.07, 6.45) is 3.04. The smallest absolute Gasteiger partial charge is 0.315 e. The third kappa shape index (κ3) is 4.47. The van der Waals surface area contributed by atoms with Crippen molar-refractivity contribution in [2.24, 2.45) is 0 Å². The first-order valence-electron chi connectivity index (χ1n) is 6.90. The molecule has 1 aliphatic carbocycles. The van der Waals surface area contributed by atoms with Gasteiger partial charge in [-0.2, -0.15) is 0 Å². The molecule has 4 heteroatoms. The zero-order valence-electron chi connectivity index (χ0n) is 11.7. The monoisotopic (exact) mass is 262 g/mol. The molecule has 2 N–H and O–H groups in total. The van der Waals surface area contributed by atoms with Crippen molar-refractivity contribution in [1.29, 1.82) is 0 Å². The largest absolute Gasteiger partial charge is 0.493 e. The molecule has 1 aromatic rings. The predicted octanol–water partition coefficient (Wildman–Crippen LogP) is 2.53. The van der Waals surface area contributed by atoms with Gasteiger partial charge < -0.3 is 15.4 Å². The van der Waals surface area contributed by atoms with Gasteiger partial charge in [-0.1, -0.05) is 18.2 Å². The average Bonchev–Trinajstić information content (AvgIpc) is 3.16. The van der Waals surface area contributed by atoms with E-state index in [9.17, 15) is 4.79 Å². The van der Waals surface area contributed by atoms with Crippen molar-refractivity contribution in [1.82, 2.24) is 10.6 Å². The number of ether oxygens (including phenoxy) is 1. The lowest BCUT2D eigenvalue weighted by molar-refractivity contribution is 0.238. The van der Waals surface area contributed by atoms with Gasteiger partial charge in [0.05, 0.1) is 6.61 Å². The summed E-state index contributed by atoms with van der Waals surface area (Å²) in [5.74, 6) is 0.963. The average molecular weight is 262 g/mol. The highest BCUT2D eigenvalue weighted by molar-refractivity contribution is 5.74. The van der Waals surface area contributed by atoms with Crippen LogP contribution in [0.1, 0.15) is 30.4 Å². The van der Waals surface area contributed by atoms with Crippen LogP contribution in [0.15, 0.2) is 18.2 Å². The summed E-state index contributed by atoms with van der Waals surface area (Å²) >= 11 is 0. The minimum absolute atomic E-state index is 0.0606. The number of amides is 2. The summed E-state index contributed by atoms with van der Waals surface area (Å²) in [4.78, 5) is 11.4. The number of rotatable bonds is 6. The highest BCUT2D eigenvalue weighted by atomic mass is 16.5. The number of para-hydroxylation sites is 1. The predicted molar refractivity (Wildman–Crippen MR) is 75.6 cm³/mol.